The van der Waals surface area contributed by atoms with Crippen LogP contribution in [0.2, 0.25) is 10.0 Å². The van der Waals surface area contributed by atoms with Gasteiger partial charge in [0.2, 0.25) is 0 Å². The molecule has 0 heterocycles. The number of nitrogens with zero attached hydrogens (tertiary/aromatic N) is 2. The fourth-order valence-electron chi connectivity index (χ4n) is 2.50. The molecule has 0 aliphatic heterocycles. The van der Waals surface area contributed by atoms with E-state index in [1.165, 1.54) is 14.2 Å². The lowest BCUT2D eigenvalue weighted by molar-refractivity contribution is -0.116. The number of ether oxygens (including phenoxy) is 1. The molecule has 0 unspecified atom stereocenters. The number of amides is 1. The number of anilines is 1. The van der Waals surface area contributed by atoms with E-state index in [1.807, 2.05) is 6.07 Å². The second kappa shape index (κ2) is 9.96. The third kappa shape index (κ3) is 5.61. The predicted molar refractivity (Wildman–Crippen MR) is 112 cm³/mol. The van der Waals surface area contributed by atoms with E-state index >= 15 is 0 Å². The first-order valence-electron chi connectivity index (χ1n) is 8.18. The van der Waals surface area contributed by atoms with Crippen LogP contribution in [0, 0.1) is 0 Å². The number of oxime groups is 1. The molecule has 7 nitrogen and oxygen atoms in total. The fraction of sp³-hybridized carbons (Fsp3) is 0.211. The lowest BCUT2D eigenvalue weighted by atomic mass is 10.1. The highest BCUT2D eigenvalue weighted by Gasteiger charge is 2.15. The van der Waals surface area contributed by atoms with Crippen LogP contribution in [0.3, 0.4) is 0 Å². The second-order valence-corrected chi connectivity index (χ2v) is 6.56. The molecule has 28 heavy (non-hydrogen) atoms. The van der Waals surface area contributed by atoms with Crippen molar-refractivity contribution < 1.29 is 14.4 Å². The minimum Gasteiger partial charge on any atom is -0.496 e. The number of methoxy groups -OCH3 is 1. The summed E-state index contributed by atoms with van der Waals surface area (Å²) in [6, 6.07) is 10.4. The molecule has 0 saturated heterocycles. The molecule has 0 aromatic heterocycles. The molecule has 0 atom stereocenters. The molecule has 9 heteroatoms. The van der Waals surface area contributed by atoms with Crippen molar-refractivity contribution in [1.29, 1.82) is 0 Å². The molecule has 2 aromatic rings. The van der Waals surface area contributed by atoms with Crippen molar-refractivity contribution in [3.8, 4) is 5.75 Å². The Morgan fingerprint density at radius 1 is 1.14 bits per heavy atom. The van der Waals surface area contributed by atoms with Crippen LogP contribution in [-0.2, 0) is 16.1 Å². The molecule has 0 aliphatic carbocycles. The molecule has 0 saturated carbocycles. The number of halogens is 2. The van der Waals surface area contributed by atoms with E-state index in [9.17, 15) is 4.79 Å². The van der Waals surface area contributed by atoms with E-state index in [0.717, 1.165) is 0 Å². The highest BCUT2D eigenvalue weighted by Crippen LogP contribution is 2.29. The minimum atomic E-state index is -0.480. The average molecular weight is 423 g/mol. The third-order valence-corrected chi connectivity index (χ3v) is 4.36. The zero-order chi connectivity index (χ0) is 20.7. The van der Waals surface area contributed by atoms with Gasteiger partial charge in [0, 0.05) is 12.0 Å². The standard InChI is InChI=1S/C19H20Cl2N4O3/c1-27-16-6-4-3-5-12(16)15(25-28-2)10-18(26)24-17(22)9-11-7-13(20)19(23)14(21)8-11/h3-8H,9-10,23H2,1-2H3,(H2,22,24,26)/b25-15-. The van der Waals surface area contributed by atoms with Crippen molar-refractivity contribution in [3.63, 3.8) is 0 Å². The molecule has 1 amide bonds. The Bertz CT molecular complexity index is 906. The molecule has 0 radical (unpaired) electrons. The summed E-state index contributed by atoms with van der Waals surface area (Å²) in [6.45, 7) is 0. The number of hydrogen-bond acceptors (Lipinski definition) is 5. The number of carbonyl (C=O) groups excluding carboxylic acids is 1. The zero-order valence-electron chi connectivity index (χ0n) is 15.4. The van der Waals surface area contributed by atoms with Gasteiger partial charge in [-0.1, -0.05) is 40.5 Å². The Kier molecular flexibility index (Phi) is 7.66. The monoisotopic (exact) mass is 422 g/mol. The molecular formula is C19H20Cl2N4O3. The van der Waals surface area contributed by atoms with Gasteiger partial charge in [0.05, 0.1) is 29.3 Å². The quantitative estimate of drug-likeness (QED) is 0.307. The van der Waals surface area contributed by atoms with Gasteiger partial charge in [0.25, 0.3) is 5.91 Å². The summed E-state index contributed by atoms with van der Waals surface area (Å²) in [5, 5.41) is 4.55. The number of amidine groups is 1. The fourth-order valence-corrected chi connectivity index (χ4v) is 3.03. The average Bonchev–Trinajstić information content (AvgIpc) is 2.65. The first-order valence-corrected chi connectivity index (χ1v) is 8.94. The van der Waals surface area contributed by atoms with Crippen molar-refractivity contribution in [2.75, 3.05) is 20.0 Å². The van der Waals surface area contributed by atoms with Gasteiger partial charge >= 0.3 is 0 Å². The largest absolute Gasteiger partial charge is 0.496 e. The van der Waals surface area contributed by atoms with Crippen LogP contribution < -0.4 is 16.2 Å². The van der Waals surface area contributed by atoms with Crippen LogP contribution in [0.15, 0.2) is 46.5 Å². The third-order valence-electron chi connectivity index (χ3n) is 3.73. The first kappa shape index (κ1) is 21.5. The molecular weight excluding hydrogens is 403 g/mol. The number of para-hydroxylation sites is 1. The molecule has 0 bridgehead atoms. The maximum Gasteiger partial charge on any atom is 0.253 e. The number of rotatable bonds is 7. The highest BCUT2D eigenvalue weighted by molar-refractivity contribution is 6.39. The summed E-state index contributed by atoms with van der Waals surface area (Å²) in [5.41, 5.74) is 13.6. The maximum absolute atomic E-state index is 12.4. The van der Waals surface area contributed by atoms with E-state index in [4.69, 9.17) is 44.2 Å². The normalized spacial score (nSPS) is 12.0. The van der Waals surface area contributed by atoms with Crippen molar-refractivity contribution in [2.24, 2.45) is 15.9 Å². The first-order chi connectivity index (χ1) is 13.3. The summed E-state index contributed by atoms with van der Waals surface area (Å²) >= 11 is 12.0. The van der Waals surface area contributed by atoms with Crippen molar-refractivity contribution >= 4 is 46.3 Å². The van der Waals surface area contributed by atoms with Gasteiger partial charge in [0.15, 0.2) is 0 Å². The van der Waals surface area contributed by atoms with Crippen LogP contribution in [0.25, 0.3) is 0 Å². The van der Waals surface area contributed by atoms with Crippen LogP contribution in [0.1, 0.15) is 17.5 Å². The van der Waals surface area contributed by atoms with Gasteiger partial charge in [-0.15, -0.1) is 0 Å². The van der Waals surface area contributed by atoms with Crippen LogP contribution in [-0.4, -0.2) is 31.7 Å². The second-order valence-electron chi connectivity index (χ2n) is 5.74. The number of nitrogens with two attached hydrogens (primary N) is 2. The molecule has 0 spiro atoms. The Morgan fingerprint density at radius 2 is 1.79 bits per heavy atom. The highest BCUT2D eigenvalue weighted by atomic mass is 35.5. The van der Waals surface area contributed by atoms with Crippen molar-refractivity contribution in [2.45, 2.75) is 12.8 Å². The summed E-state index contributed by atoms with van der Waals surface area (Å²) in [7, 11) is 2.93. The molecule has 2 rings (SSSR count). The molecule has 0 fully saturated rings. The summed E-state index contributed by atoms with van der Waals surface area (Å²) in [4.78, 5) is 21.1. The summed E-state index contributed by atoms with van der Waals surface area (Å²) in [6.07, 6.45) is 0.0784. The van der Waals surface area contributed by atoms with E-state index in [1.54, 1.807) is 30.3 Å². The van der Waals surface area contributed by atoms with E-state index in [2.05, 4.69) is 10.1 Å². The minimum absolute atomic E-state index is 0.110. The Balaban J connectivity index is 2.17. The Labute approximate surface area is 172 Å². The molecule has 4 N–H and O–H groups in total. The predicted octanol–water partition coefficient (Wildman–Crippen LogP) is 3.45. The van der Waals surface area contributed by atoms with Crippen LogP contribution in [0.4, 0.5) is 5.69 Å². The Morgan fingerprint density at radius 3 is 2.39 bits per heavy atom. The molecule has 0 aliphatic rings. The number of nitrogen functional groups attached to an aromatic ring is 1. The Hall–Kier alpha value is -2.77. The molecule has 148 valence electrons. The smallest absolute Gasteiger partial charge is 0.253 e. The van der Waals surface area contributed by atoms with Crippen LogP contribution in [0.5, 0.6) is 5.75 Å². The number of carbonyl (C=O) groups is 1. The lowest BCUT2D eigenvalue weighted by Crippen LogP contribution is -2.19. The number of benzene rings is 2. The van der Waals surface area contributed by atoms with E-state index in [0.29, 0.717) is 32.6 Å². The van der Waals surface area contributed by atoms with Gasteiger partial charge in [0.1, 0.15) is 24.4 Å². The number of hydrogen-bond donors (Lipinski definition) is 2. The van der Waals surface area contributed by atoms with Crippen LogP contribution >= 0.6 is 23.2 Å². The lowest BCUT2D eigenvalue weighted by Gasteiger charge is -2.09. The van der Waals surface area contributed by atoms with E-state index < -0.39 is 5.91 Å². The maximum atomic E-state index is 12.4. The summed E-state index contributed by atoms with van der Waals surface area (Å²) < 4.78 is 5.30. The zero-order valence-corrected chi connectivity index (χ0v) is 16.9. The summed E-state index contributed by atoms with van der Waals surface area (Å²) in [5.74, 6) is 0.194. The topological polar surface area (TPSA) is 112 Å². The van der Waals surface area contributed by atoms with Gasteiger partial charge in [-0.3, -0.25) is 4.79 Å². The van der Waals surface area contributed by atoms with Gasteiger partial charge < -0.3 is 21.0 Å². The van der Waals surface area contributed by atoms with Gasteiger partial charge in [-0.25, -0.2) is 4.99 Å². The SMILES string of the molecule is CO/N=C(/CC(=O)/N=C(\N)Cc1cc(Cl)c(N)c(Cl)c1)c1ccccc1OC. The number of aliphatic imine (C=N–C) groups is 1. The van der Waals surface area contributed by atoms with Gasteiger partial charge in [-0.05, 0) is 29.8 Å². The molecule has 2 aromatic carbocycles. The van der Waals surface area contributed by atoms with E-state index in [-0.39, 0.29) is 24.4 Å². The van der Waals surface area contributed by atoms with Crippen molar-refractivity contribution in [3.05, 3.63) is 57.6 Å². The van der Waals surface area contributed by atoms with Crippen molar-refractivity contribution in [1.82, 2.24) is 0 Å². The van der Waals surface area contributed by atoms with Gasteiger partial charge in [-0.2, -0.15) is 0 Å².